The number of urea groups is 1. The van der Waals surface area contributed by atoms with Gasteiger partial charge in [0.2, 0.25) is 0 Å². The number of carboxylic acid groups (broad SMARTS) is 1. The lowest BCUT2D eigenvalue weighted by molar-refractivity contribution is -0.137. The molecule has 2 aromatic heterocycles. The minimum atomic E-state index is -0.937. The van der Waals surface area contributed by atoms with Crippen LogP contribution in [0.3, 0.4) is 0 Å². The number of amides is 2. The number of nitrogens with zero attached hydrogens (tertiary/aromatic N) is 3. The second-order valence-electron chi connectivity index (χ2n) is 5.29. The number of carbonyl (C=O) groups excluding carboxylic acids is 1. The molecule has 0 aliphatic carbocycles. The summed E-state index contributed by atoms with van der Waals surface area (Å²) in [4.78, 5) is 34.2. The molecule has 10 heteroatoms. The van der Waals surface area contributed by atoms with E-state index in [1.807, 2.05) is 12.3 Å². The average molecular weight is 396 g/mol. The van der Waals surface area contributed by atoms with E-state index in [0.717, 1.165) is 21.4 Å². The van der Waals surface area contributed by atoms with E-state index in [0.29, 0.717) is 18.2 Å². The van der Waals surface area contributed by atoms with Crippen molar-refractivity contribution < 1.29 is 14.7 Å². The molecule has 2 amide bonds. The maximum absolute atomic E-state index is 12.3. The van der Waals surface area contributed by atoms with Crippen LogP contribution in [-0.4, -0.2) is 51.6 Å². The van der Waals surface area contributed by atoms with E-state index in [4.69, 9.17) is 5.11 Å². The molecular weight excluding hydrogens is 374 g/mol. The molecule has 0 spiro atoms. The maximum Gasteiger partial charge on any atom is 0.323 e. The first kappa shape index (κ1) is 19.9. The van der Waals surface area contributed by atoms with Crippen molar-refractivity contribution in [3.63, 3.8) is 0 Å². The normalized spacial score (nSPS) is 10.4. The number of hydrogen-bond donors (Lipinski definition) is 3. The van der Waals surface area contributed by atoms with Gasteiger partial charge in [-0.2, -0.15) is 0 Å². The second kappa shape index (κ2) is 9.30. The van der Waals surface area contributed by atoms with Crippen molar-refractivity contribution in [2.75, 3.05) is 30.3 Å². The molecule has 0 fully saturated rings. The van der Waals surface area contributed by atoms with E-state index >= 15 is 0 Å². The zero-order valence-electron chi connectivity index (χ0n) is 14.6. The van der Waals surface area contributed by atoms with E-state index in [-0.39, 0.29) is 19.0 Å². The lowest BCUT2D eigenvalue weighted by Crippen LogP contribution is -2.36. The minimum Gasteiger partial charge on any atom is -0.481 e. The van der Waals surface area contributed by atoms with E-state index in [1.54, 1.807) is 13.0 Å². The average Bonchev–Trinajstić information content (AvgIpc) is 3.19. The molecule has 0 bridgehead atoms. The Labute approximate surface area is 159 Å². The number of anilines is 2. The van der Waals surface area contributed by atoms with Gasteiger partial charge in [-0.05, 0) is 13.8 Å². The Bertz CT molecular complexity index is 787. The zero-order valence-corrected chi connectivity index (χ0v) is 16.2. The molecular formula is C16H21N5O3S2. The van der Waals surface area contributed by atoms with Gasteiger partial charge in [0.1, 0.15) is 0 Å². The Morgan fingerprint density at radius 1 is 1.38 bits per heavy atom. The highest BCUT2D eigenvalue weighted by atomic mass is 32.1. The van der Waals surface area contributed by atoms with Gasteiger partial charge in [0.15, 0.2) is 10.3 Å². The number of thiazole rings is 2. The molecule has 0 aliphatic rings. The molecule has 0 atom stereocenters. The van der Waals surface area contributed by atoms with Crippen molar-refractivity contribution in [1.82, 2.24) is 14.9 Å². The van der Waals surface area contributed by atoms with E-state index < -0.39 is 5.97 Å². The van der Waals surface area contributed by atoms with Crippen LogP contribution >= 0.6 is 22.7 Å². The van der Waals surface area contributed by atoms with Crippen LogP contribution in [0.25, 0.3) is 10.6 Å². The zero-order chi connectivity index (χ0) is 19.1. The molecule has 0 unspecified atom stereocenters. The van der Waals surface area contributed by atoms with Crippen LogP contribution < -0.4 is 10.6 Å². The topological polar surface area (TPSA) is 107 Å². The van der Waals surface area contributed by atoms with Crippen LogP contribution in [0.1, 0.15) is 19.0 Å². The SMILES string of the molecule is C=CCNc1nc(-c2sc(NC(=O)N(CC)CCC(=O)O)nc2C)cs1. The van der Waals surface area contributed by atoms with Crippen molar-refractivity contribution in [3.05, 3.63) is 23.7 Å². The predicted octanol–water partition coefficient (Wildman–Crippen LogP) is 3.50. The summed E-state index contributed by atoms with van der Waals surface area (Å²) >= 11 is 2.83. The highest BCUT2D eigenvalue weighted by molar-refractivity contribution is 7.19. The third-order valence-corrected chi connectivity index (χ3v) is 5.30. The molecule has 2 aromatic rings. The van der Waals surface area contributed by atoms with Crippen LogP contribution in [0, 0.1) is 6.92 Å². The van der Waals surface area contributed by atoms with Crippen LogP contribution in [0.2, 0.25) is 0 Å². The minimum absolute atomic E-state index is 0.0945. The summed E-state index contributed by atoms with van der Waals surface area (Å²) in [5.41, 5.74) is 1.58. The summed E-state index contributed by atoms with van der Waals surface area (Å²) in [5, 5.41) is 17.8. The summed E-state index contributed by atoms with van der Waals surface area (Å²) in [6.45, 7) is 8.53. The first-order chi connectivity index (χ1) is 12.4. The number of aromatic nitrogens is 2. The Balaban J connectivity index is 2.07. The van der Waals surface area contributed by atoms with Gasteiger partial charge in [-0.15, -0.1) is 17.9 Å². The molecule has 0 saturated heterocycles. The molecule has 8 nitrogen and oxygen atoms in total. The molecule has 3 N–H and O–H groups in total. The summed E-state index contributed by atoms with van der Waals surface area (Å²) in [5.74, 6) is -0.937. The van der Waals surface area contributed by atoms with Crippen molar-refractivity contribution in [1.29, 1.82) is 0 Å². The smallest absolute Gasteiger partial charge is 0.323 e. The summed E-state index contributed by atoms with van der Waals surface area (Å²) < 4.78 is 0. The first-order valence-corrected chi connectivity index (χ1v) is 9.70. The van der Waals surface area contributed by atoms with Gasteiger partial charge in [-0.3, -0.25) is 10.1 Å². The molecule has 0 saturated carbocycles. The Morgan fingerprint density at radius 3 is 2.81 bits per heavy atom. The fraction of sp³-hybridized carbons (Fsp3) is 0.375. The Hall–Kier alpha value is -2.46. The van der Waals surface area contributed by atoms with Gasteiger partial charge >= 0.3 is 12.0 Å². The molecule has 26 heavy (non-hydrogen) atoms. The summed E-state index contributed by atoms with van der Waals surface area (Å²) in [7, 11) is 0. The van der Waals surface area contributed by atoms with Crippen molar-refractivity contribution in [3.8, 4) is 10.6 Å². The fourth-order valence-electron chi connectivity index (χ4n) is 2.11. The predicted molar refractivity (Wildman–Crippen MR) is 105 cm³/mol. The van der Waals surface area contributed by atoms with E-state index in [1.165, 1.54) is 27.6 Å². The van der Waals surface area contributed by atoms with Crippen molar-refractivity contribution in [2.45, 2.75) is 20.3 Å². The van der Waals surface area contributed by atoms with Crippen LogP contribution in [0.15, 0.2) is 18.0 Å². The maximum atomic E-state index is 12.3. The van der Waals surface area contributed by atoms with Crippen LogP contribution in [0.5, 0.6) is 0 Å². The van der Waals surface area contributed by atoms with Gasteiger partial charge in [0.25, 0.3) is 0 Å². The number of nitrogens with one attached hydrogen (secondary N) is 2. The number of carboxylic acids is 1. The monoisotopic (exact) mass is 395 g/mol. The molecule has 140 valence electrons. The molecule has 0 aromatic carbocycles. The largest absolute Gasteiger partial charge is 0.481 e. The van der Waals surface area contributed by atoms with Gasteiger partial charge in [-0.25, -0.2) is 14.8 Å². The Kier molecular flexibility index (Phi) is 7.10. The van der Waals surface area contributed by atoms with Gasteiger partial charge in [0, 0.05) is 25.0 Å². The van der Waals surface area contributed by atoms with Gasteiger partial charge in [-0.1, -0.05) is 17.4 Å². The third kappa shape index (κ3) is 5.27. The lowest BCUT2D eigenvalue weighted by Gasteiger charge is -2.19. The molecule has 0 aliphatic heterocycles. The fourth-order valence-corrected chi connectivity index (χ4v) is 3.81. The van der Waals surface area contributed by atoms with Crippen LogP contribution in [-0.2, 0) is 4.79 Å². The van der Waals surface area contributed by atoms with E-state index in [2.05, 4.69) is 27.2 Å². The van der Waals surface area contributed by atoms with Gasteiger partial charge < -0.3 is 15.3 Å². The standard InChI is InChI=1S/C16H21N5O3S2/c1-4-7-17-14-19-11(9-25-14)13-10(3)18-15(26-13)20-16(24)21(5-2)8-6-12(22)23/h4,9H,1,5-8H2,2-3H3,(H,17,19)(H,22,23)(H,18,20,24). The number of hydrogen-bond acceptors (Lipinski definition) is 7. The number of carbonyl (C=O) groups is 2. The summed E-state index contributed by atoms with van der Waals surface area (Å²) in [6.07, 6.45) is 1.67. The number of rotatable bonds is 9. The van der Waals surface area contributed by atoms with Crippen molar-refractivity contribution >= 4 is 44.9 Å². The molecule has 2 rings (SSSR count). The molecule has 2 heterocycles. The number of aliphatic carboxylic acids is 1. The van der Waals surface area contributed by atoms with E-state index in [9.17, 15) is 9.59 Å². The van der Waals surface area contributed by atoms with Crippen LogP contribution in [0.4, 0.5) is 15.1 Å². The highest BCUT2D eigenvalue weighted by Crippen LogP contribution is 2.34. The number of aryl methyl sites for hydroxylation is 1. The summed E-state index contributed by atoms with van der Waals surface area (Å²) in [6, 6.07) is -0.360. The van der Waals surface area contributed by atoms with Gasteiger partial charge in [0.05, 0.1) is 22.7 Å². The lowest BCUT2D eigenvalue weighted by atomic mass is 10.3. The second-order valence-corrected chi connectivity index (χ2v) is 7.15. The first-order valence-electron chi connectivity index (χ1n) is 8.00. The third-order valence-electron chi connectivity index (χ3n) is 3.41. The van der Waals surface area contributed by atoms with Crippen molar-refractivity contribution in [2.24, 2.45) is 0 Å². The quantitative estimate of drug-likeness (QED) is 0.561. The highest BCUT2D eigenvalue weighted by Gasteiger charge is 2.18. The molecule has 0 radical (unpaired) electrons. The Morgan fingerprint density at radius 2 is 2.15 bits per heavy atom.